The molecule has 4 heteroatoms. The van der Waals surface area contributed by atoms with Crippen LogP contribution in [0.2, 0.25) is 0 Å². The SMILES string of the molecule is CC1=CC(=O)NC(N2CCc3ccccc3C2)N1. The number of nitrogens with zero attached hydrogens (tertiary/aromatic N) is 1. The van der Waals surface area contributed by atoms with E-state index in [0.29, 0.717) is 0 Å². The molecule has 0 saturated heterocycles. The molecule has 0 saturated carbocycles. The molecule has 1 amide bonds. The molecule has 1 unspecified atom stereocenters. The molecule has 94 valence electrons. The van der Waals surface area contributed by atoms with Crippen molar-refractivity contribution in [1.29, 1.82) is 0 Å². The van der Waals surface area contributed by atoms with Gasteiger partial charge in [-0.1, -0.05) is 24.3 Å². The average molecular weight is 243 g/mol. The van der Waals surface area contributed by atoms with Crippen molar-refractivity contribution < 1.29 is 4.79 Å². The van der Waals surface area contributed by atoms with E-state index in [4.69, 9.17) is 0 Å². The topological polar surface area (TPSA) is 44.4 Å². The third-order valence-corrected chi connectivity index (χ3v) is 3.52. The molecule has 0 bridgehead atoms. The van der Waals surface area contributed by atoms with E-state index in [-0.39, 0.29) is 12.2 Å². The highest BCUT2D eigenvalue weighted by Crippen LogP contribution is 2.19. The Bertz CT molecular complexity index is 510. The summed E-state index contributed by atoms with van der Waals surface area (Å²) in [5.74, 6) is -0.0184. The summed E-state index contributed by atoms with van der Waals surface area (Å²) in [4.78, 5) is 13.8. The predicted molar refractivity (Wildman–Crippen MR) is 69.4 cm³/mol. The molecular formula is C14H17N3O. The van der Waals surface area contributed by atoms with E-state index < -0.39 is 0 Å². The summed E-state index contributed by atoms with van der Waals surface area (Å²) in [6, 6.07) is 8.50. The first-order chi connectivity index (χ1) is 8.72. The normalized spacial score (nSPS) is 23.7. The molecule has 0 aromatic heterocycles. The average Bonchev–Trinajstić information content (AvgIpc) is 2.37. The van der Waals surface area contributed by atoms with E-state index in [2.05, 4.69) is 39.8 Å². The molecule has 0 spiro atoms. The number of allylic oxidation sites excluding steroid dienone is 1. The van der Waals surface area contributed by atoms with Crippen molar-refractivity contribution in [2.45, 2.75) is 26.2 Å². The second kappa shape index (κ2) is 4.46. The van der Waals surface area contributed by atoms with Crippen LogP contribution in [0, 0.1) is 0 Å². The lowest BCUT2D eigenvalue weighted by Gasteiger charge is -2.38. The van der Waals surface area contributed by atoms with Crippen LogP contribution in [0.15, 0.2) is 36.0 Å². The third-order valence-electron chi connectivity index (χ3n) is 3.52. The largest absolute Gasteiger partial charge is 0.356 e. The monoisotopic (exact) mass is 243 g/mol. The number of amides is 1. The standard InChI is InChI=1S/C14H17N3O/c1-10-8-13(18)16-14(15-10)17-7-6-11-4-2-3-5-12(11)9-17/h2-5,8,14-15H,6-7,9H2,1H3,(H,16,18). The van der Waals surface area contributed by atoms with Crippen LogP contribution in [-0.4, -0.2) is 23.6 Å². The van der Waals surface area contributed by atoms with Crippen LogP contribution in [0.1, 0.15) is 18.1 Å². The van der Waals surface area contributed by atoms with Gasteiger partial charge in [0, 0.05) is 24.9 Å². The van der Waals surface area contributed by atoms with Gasteiger partial charge in [-0.05, 0) is 24.5 Å². The molecule has 3 rings (SSSR count). The Kier molecular flexibility index (Phi) is 2.80. The molecule has 1 aromatic rings. The lowest BCUT2D eigenvalue weighted by molar-refractivity contribution is -0.119. The fraction of sp³-hybridized carbons (Fsp3) is 0.357. The molecule has 2 heterocycles. The minimum Gasteiger partial charge on any atom is -0.356 e. The Morgan fingerprint density at radius 3 is 2.78 bits per heavy atom. The van der Waals surface area contributed by atoms with Gasteiger partial charge < -0.3 is 10.6 Å². The van der Waals surface area contributed by atoms with Gasteiger partial charge in [0.05, 0.1) is 0 Å². The Morgan fingerprint density at radius 2 is 2.00 bits per heavy atom. The van der Waals surface area contributed by atoms with Crippen molar-refractivity contribution >= 4 is 5.91 Å². The van der Waals surface area contributed by atoms with E-state index in [9.17, 15) is 4.79 Å². The Balaban J connectivity index is 1.77. The van der Waals surface area contributed by atoms with Gasteiger partial charge in [-0.25, -0.2) is 0 Å². The molecule has 0 radical (unpaired) electrons. The summed E-state index contributed by atoms with van der Waals surface area (Å²) >= 11 is 0. The van der Waals surface area contributed by atoms with Crippen LogP contribution in [0.25, 0.3) is 0 Å². The zero-order valence-electron chi connectivity index (χ0n) is 10.4. The zero-order valence-corrected chi connectivity index (χ0v) is 10.4. The van der Waals surface area contributed by atoms with Gasteiger partial charge in [-0.2, -0.15) is 0 Å². The van der Waals surface area contributed by atoms with Gasteiger partial charge in [0.15, 0.2) is 6.29 Å². The fourth-order valence-electron chi connectivity index (χ4n) is 2.59. The van der Waals surface area contributed by atoms with Crippen molar-refractivity contribution in [3.8, 4) is 0 Å². The summed E-state index contributed by atoms with van der Waals surface area (Å²) in [6.07, 6.45) is 2.54. The minimum atomic E-state index is -0.0872. The first-order valence-corrected chi connectivity index (χ1v) is 6.28. The van der Waals surface area contributed by atoms with E-state index in [1.54, 1.807) is 6.08 Å². The van der Waals surface area contributed by atoms with E-state index in [1.807, 2.05) is 6.92 Å². The second-order valence-corrected chi connectivity index (χ2v) is 4.87. The van der Waals surface area contributed by atoms with Crippen molar-refractivity contribution in [2.75, 3.05) is 6.54 Å². The quantitative estimate of drug-likeness (QED) is 0.772. The highest BCUT2D eigenvalue weighted by Gasteiger charge is 2.26. The fourth-order valence-corrected chi connectivity index (χ4v) is 2.59. The van der Waals surface area contributed by atoms with Gasteiger partial charge >= 0.3 is 0 Å². The van der Waals surface area contributed by atoms with Gasteiger partial charge in [0.1, 0.15) is 0 Å². The smallest absolute Gasteiger partial charge is 0.248 e. The number of rotatable bonds is 1. The van der Waals surface area contributed by atoms with Gasteiger partial charge in [-0.15, -0.1) is 0 Å². The summed E-state index contributed by atoms with van der Waals surface area (Å²) in [6.45, 7) is 3.76. The molecule has 18 heavy (non-hydrogen) atoms. The second-order valence-electron chi connectivity index (χ2n) is 4.87. The summed E-state index contributed by atoms with van der Waals surface area (Å²) < 4.78 is 0. The van der Waals surface area contributed by atoms with E-state index in [0.717, 1.165) is 25.2 Å². The summed E-state index contributed by atoms with van der Waals surface area (Å²) in [5, 5.41) is 6.25. The van der Waals surface area contributed by atoms with Crippen LogP contribution >= 0.6 is 0 Å². The van der Waals surface area contributed by atoms with Crippen LogP contribution in [-0.2, 0) is 17.8 Å². The minimum absolute atomic E-state index is 0.0184. The molecule has 2 aliphatic rings. The van der Waals surface area contributed by atoms with Crippen molar-refractivity contribution in [3.63, 3.8) is 0 Å². The maximum Gasteiger partial charge on any atom is 0.248 e. The van der Waals surface area contributed by atoms with E-state index in [1.165, 1.54) is 11.1 Å². The molecule has 4 nitrogen and oxygen atoms in total. The van der Waals surface area contributed by atoms with Crippen molar-refractivity contribution in [3.05, 3.63) is 47.2 Å². The highest BCUT2D eigenvalue weighted by atomic mass is 16.2. The summed E-state index contributed by atoms with van der Waals surface area (Å²) in [7, 11) is 0. The molecule has 2 N–H and O–H groups in total. The number of hydrogen-bond acceptors (Lipinski definition) is 3. The van der Waals surface area contributed by atoms with Crippen LogP contribution in [0.5, 0.6) is 0 Å². The lowest BCUT2D eigenvalue weighted by Crippen LogP contribution is -2.59. The first kappa shape index (κ1) is 11.3. The Labute approximate surface area is 107 Å². The number of fused-ring (bicyclic) bond motifs is 1. The molecule has 1 atom stereocenters. The molecule has 0 aliphatic carbocycles. The summed E-state index contributed by atoms with van der Waals surface area (Å²) in [5.41, 5.74) is 3.69. The number of nitrogens with one attached hydrogen (secondary N) is 2. The van der Waals surface area contributed by atoms with Gasteiger partial charge in [-0.3, -0.25) is 9.69 Å². The molecule has 0 fully saturated rings. The molecule has 1 aromatic carbocycles. The van der Waals surface area contributed by atoms with Crippen LogP contribution in [0.3, 0.4) is 0 Å². The first-order valence-electron chi connectivity index (χ1n) is 6.28. The maximum atomic E-state index is 11.5. The number of hydrogen-bond donors (Lipinski definition) is 2. The third kappa shape index (κ3) is 2.11. The maximum absolute atomic E-state index is 11.5. The van der Waals surface area contributed by atoms with Crippen molar-refractivity contribution in [1.82, 2.24) is 15.5 Å². The zero-order chi connectivity index (χ0) is 12.5. The van der Waals surface area contributed by atoms with Crippen LogP contribution in [0.4, 0.5) is 0 Å². The number of carbonyl (C=O) groups is 1. The van der Waals surface area contributed by atoms with Crippen LogP contribution < -0.4 is 10.6 Å². The Morgan fingerprint density at radius 1 is 1.22 bits per heavy atom. The highest BCUT2D eigenvalue weighted by molar-refractivity contribution is 5.89. The molecule has 2 aliphatic heterocycles. The number of carbonyl (C=O) groups excluding carboxylic acids is 1. The number of benzene rings is 1. The van der Waals surface area contributed by atoms with E-state index >= 15 is 0 Å². The predicted octanol–water partition coefficient (Wildman–Crippen LogP) is 0.951. The lowest BCUT2D eigenvalue weighted by atomic mass is 10.00. The Hall–Kier alpha value is -1.81. The molecular weight excluding hydrogens is 226 g/mol. The van der Waals surface area contributed by atoms with Gasteiger partial charge in [0.25, 0.3) is 0 Å². The van der Waals surface area contributed by atoms with Crippen molar-refractivity contribution in [2.24, 2.45) is 0 Å². The van der Waals surface area contributed by atoms with Gasteiger partial charge in [0.2, 0.25) is 5.91 Å².